The van der Waals surface area contributed by atoms with Gasteiger partial charge in [-0.1, -0.05) is 42.5 Å². The molecule has 0 radical (unpaired) electrons. The number of anilines is 1. The topological polar surface area (TPSA) is 46.6 Å². The van der Waals surface area contributed by atoms with Gasteiger partial charge in [-0.3, -0.25) is 4.79 Å². The highest BCUT2D eigenvalue weighted by atomic mass is 127. The van der Waals surface area contributed by atoms with E-state index in [2.05, 4.69) is 22.6 Å². The number of hydrogen-bond donors (Lipinski definition) is 0. The molecule has 1 aliphatic heterocycles. The van der Waals surface area contributed by atoms with Crippen molar-refractivity contribution in [3.05, 3.63) is 63.7 Å². The number of ether oxygens (including phenoxy) is 1. The van der Waals surface area contributed by atoms with Crippen molar-refractivity contribution in [1.82, 2.24) is 0 Å². The number of halogens is 1. The van der Waals surface area contributed by atoms with E-state index in [1.807, 2.05) is 42.5 Å². The smallest absolute Gasteiger partial charge is 0.422 e. The molecule has 4 nitrogen and oxygen atoms in total. The number of cyclic esters (lactones) is 1. The minimum absolute atomic E-state index is 0.328. The van der Waals surface area contributed by atoms with Gasteiger partial charge in [0.1, 0.15) is 0 Å². The molecule has 1 heterocycles. The molecule has 0 N–H and O–H groups in total. The number of carbonyl (C=O) groups is 2. The Bertz CT molecular complexity index is 732. The third-order valence-electron chi connectivity index (χ3n) is 3.63. The summed E-state index contributed by atoms with van der Waals surface area (Å²) in [5.74, 6) is -0.328. The van der Waals surface area contributed by atoms with Gasteiger partial charge in [0.05, 0.1) is 5.69 Å². The Morgan fingerprint density at radius 3 is 2.36 bits per heavy atom. The molecule has 1 atom stereocenters. The van der Waals surface area contributed by atoms with Gasteiger partial charge >= 0.3 is 6.09 Å². The van der Waals surface area contributed by atoms with Crippen LogP contribution >= 0.6 is 22.6 Å². The van der Waals surface area contributed by atoms with Crippen LogP contribution in [0, 0.1) is 3.57 Å². The summed E-state index contributed by atoms with van der Waals surface area (Å²) in [6, 6.07) is 16.8. The van der Waals surface area contributed by atoms with Crippen LogP contribution in [0.15, 0.2) is 54.6 Å². The largest absolute Gasteiger partial charge is 0.432 e. The lowest BCUT2D eigenvalue weighted by atomic mass is 9.95. The number of carbonyl (C=O) groups excluding carboxylic acids is 2. The first-order valence-corrected chi connectivity index (χ1v) is 7.95. The molecule has 2 aromatic carbocycles. The molecule has 0 aliphatic carbocycles. The summed E-state index contributed by atoms with van der Waals surface area (Å²) in [5.41, 5.74) is 0.350. The fraction of sp³-hybridized carbons (Fsp3) is 0.176. The molecule has 1 aliphatic rings. The number of amides is 2. The SMILES string of the molecule is C[C@]1(Cc2ccccc2)OC(=O)N(c2ccccc2I)C1=O. The van der Waals surface area contributed by atoms with Crippen molar-refractivity contribution in [2.45, 2.75) is 18.9 Å². The van der Waals surface area contributed by atoms with E-state index in [1.165, 1.54) is 0 Å². The van der Waals surface area contributed by atoms with E-state index in [1.54, 1.807) is 19.1 Å². The highest BCUT2D eigenvalue weighted by Gasteiger charge is 2.51. The molecule has 5 heteroatoms. The molecule has 3 rings (SSSR count). The zero-order valence-electron chi connectivity index (χ0n) is 12.0. The second kappa shape index (κ2) is 5.72. The van der Waals surface area contributed by atoms with E-state index in [0.29, 0.717) is 12.1 Å². The van der Waals surface area contributed by atoms with Gasteiger partial charge in [0.15, 0.2) is 5.60 Å². The number of benzene rings is 2. The third kappa shape index (κ3) is 2.61. The fourth-order valence-electron chi connectivity index (χ4n) is 2.54. The number of imide groups is 1. The number of rotatable bonds is 3. The van der Waals surface area contributed by atoms with Crippen molar-refractivity contribution in [2.75, 3.05) is 4.90 Å². The Balaban J connectivity index is 1.93. The number of hydrogen-bond acceptors (Lipinski definition) is 3. The average Bonchev–Trinajstić information content (AvgIpc) is 2.71. The molecule has 0 bridgehead atoms. The summed E-state index contributed by atoms with van der Waals surface area (Å²) in [7, 11) is 0. The first-order chi connectivity index (χ1) is 10.5. The summed E-state index contributed by atoms with van der Waals surface area (Å²) in [6.07, 6.45) is -0.259. The number of para-hydroxylation sites is 1. The van der Waals surface area contributed by atoms with Gasteiger partial charge < -0.3 is 4.74 Å². The van der Waals surface area contributed by atoms with Crippen LogP contribution < -0.4 is 4.90 Å². The molecule has 2 amide bonds. The zero-order valence-corrected chi connectivity index (χ0v) is 14.1. The van der Waals surface area contributed by atoms with Crippen molar-refractivity contribution in [1.29, 1.82) is 0 Å². The Hall–Kier alpha value is -1.89. The van der Waals surface area contributed by atoms with Crippen LogP contribution in [0.2, 0.25) is 0 Å². The molecule has 2 aromatic rings. The minimum atomic E-state index is -1.17. The minimum Gasteiger partial charge on any atom is -0.432 e. The normalized spacial score (nSPS) is 21.1. The first kappa shape index (κ1) is 15.0. The maximum Gasteiger partial charge on any atom is 0.422 e. The maximum atomic E-state index is 12.8. The second-order valence-corrected chi connectivity index (χ2v) is 6.52. The summed E-state index contributed by atoms with van der Waals surface area (Å²) >= 11 is 2.10. The van der Waals surface area contributed by atoms with Crippen molar-refractivity contribution in [3.8, 4) is 0 Å². The maximum absolute atomic E-state index is 12.8. The molecule has 22 heavy (non-hydrogen) atoms. The monoisotopic (exact) mass is 407 g/mol. The van der Waals surface area contributed by atoms with Crippen molar-refractivity contribution in [2.24, 2.45) is 0 Å². The van der Waals surface area contributed by atoms with Gasteiger partial charge in [-0.2, -0.15) is 0 Å². The van der Waals surface area contributed by atoms with Gasteiger partial charge in [-0.25, -0.2) is 9.69 Å². The van der Waals surface area contributed by atoms with Gasteiger partial charge in [0.2, 0.25) is 0 Å². The van der Waals surface area contributed by atoms with Crippen LogP contribution in [0.4, 0.5) is 10.5 Å². The molecule has 112 valence electrons. The highest BCUT2D eigenvalue weighted by molar-refractivity contribution is 14.1. The van der Waals surface area contributed by atoms with Crippen LogP contribution in [-0.2, 0) is 16.0 Å². The quantitative estimate of drug-likeness (QED) is 0.728. The van der Waals surface area contributed by atoms with Crippen LogP contribution in [0.5, 0.6) is 0 Å². The van der Waals surface area contributed by atoms with Gasteiger partial charge in [-0.05, 0) is 47.2 Å². The Kier molecular flexibility index (Phi) is 3.90. The summed E-state index contributed by atoms with van der Waals surface area (Å²) in [5, 5.41) is 0. The van der Waals surface area contributed by atoms with Crippen LogP contribution in [0.3, 0.4) is 0 Å². The second-order valence-electron chi connectivity index (χ2n) is 5.35. The van der Waals surface area contributed by atoms with Crippen LogP contribution in [0.25, 0.3) is 0 Å². The molecule has 0 spiro atoms. The van der Waals surface area contributed by atoms with Gasteiger partial charge in [0, 0.05) is 9.99 Å². The van der Waals surface area contributed by atoms with Gasteiger partial charge in [0.25, 0.3) is 5.91 Å². The molecular formula is C17H14INO3. The van der Waals surface area contributed by atoms with Crippen molar-refractivity contribution in [3.63, 3.8) is 0 Å². The molecule has 0 aromatic heterocycles. The summed E-state index contributed by atoms with van der Waals surface area (Å²) < 4.78 is 6.25. The molecule has 1 fully saturated rings. The lowest BCUT2D eigenvalue weighted by Gasteiger charge is -2.20. The van der Waals surface area contributed by atoms with Crippen molar-refractivity contribution < 1.29 is 14.3 Å². The van der Waals surface area contributed by atoms with E-state index in [-0.39, 0.29) is 5.91 Å². The Morgan fingerprint density at radius 2 is 1.68 bits per heavy atom. The third-order valence-corrected chi connectivity index (χ3v) is 4.54. The number of nitrogens with zero attached hydrogens (tertiary/aromatic N) is 1. The summed E-state index contributed by atoms with van der Waals surface area (Å²) in [6.45, 7) is 1.66. The molecular weight excluding hydrogens is 393 g/mol. The standard InChI is InChI=1S/C17H14INO3/c1-17(11-12-7-3-2-4-8-12)15(20)19(16(21)22-17)14-10-6-5-9-13(14)18/h2-10H,11H2,1H3/t17-/m1/s1. The lowest BCUT2D eigenvalue weighted by Crippen LogP contribution is -2.40. The van der Waals surface area contributed by atoms with Crippen LogP contribution in [0.1, 0.15) is 12.5 Å². The Labute approximate surface area is 142 Å². The van der Waals surface area contributed by atoms with E-state index in [0.717, 1.165) is 14.0 Å². The Morgan fingerprint density at radius 1 is 1.05 bits per heavy atom. The zero-order chi connectivity index (χ0) is 15.7. The molecule has 1 saturated heterocycles. The fourth-order valence-corrected chi connectivity index (χ4v) is 3.17. The summed E-state index contributed by atoms with van der Waals surface area (Å²) in [4.78, 5) is 26.1. The predicted octanol–water partition coefficient (Wildman–Crippen LogP) is 3.78. The highest BCUT2D eigenvalue weighted by Crippen LogP contribution is 2.34. The van der Waals surface area contributed by atoms with E-state index in [9.17, 15) is 9.59 Å². The predicted molar refractivity (Wildman–Crippen MR) is 91.7 cm³/mol. The van der Waals surface area contributed by atoms with Crippen LogP contribution in [-0.4, -0.2) is 17.6 Å². The average molecular weight is 407 g/mol. The van der Waals surface area contributed by atoms with E-state index < -0.39 is 11.7 Å². The van der Waals surface area contributed by atoms with Gasteiger partial charge in [-0.15, -0.1) is 0 Å². The van der Waals surface area contributed by atoms with E-state index >= 15 is 0 Å². The molecule has 0 saturated carbocycles. The van der Waals surface area contributed by atoms with E-state index in [4.69, 9.17) is 4.74 Å². The van der Waals surface area contributed by atoms with Crippen molar-refractivity contribution >= 4 is 40.3 Å². The lowest BCUT2D eigenvalue weighted by molar-refractivity contribution is -0.128. The molecule has 0 unspecified atom stereocenters. The first-order valence-electron chi connectivity index (χ1n) is 6.87.